The average Bonchev–Trinajstić information content (AvgIpc) is 2.71. The first-order valence-electron chi connectivity index (χ1n) is 9.47. The number of aromatic nitrogens is 2. The summed E-state index contributed by atoms with van der Waals surface area (Å²) in [4.78, 5) is 34.1. The number of urea groups is 1. The molecule has 1 aliphatic heterocycles. The van der Waals surface area contributed by atoms with Crippen molar-refractivity contribution in [2.75, 3.05) is 11.9 Å². The minimum Gasteiger partial charge on any atom is -0.320 e. The second-order valence-electron chi connectivity index (χ2n) is 7.12. The highest BCUT2D eigenvalue weighted by molar-refractivity contribution is 5.89. The number of rotatable bonds is 3. The van der Waals surface area contributed by atoms with Crippen molar-refractivity contribution in [1.29, 1.82) is 0 Å². The average molecular weight is 392 g/mol. The maximum absolute atomic E-state index is 13.8. The van der Waals surface area contributed by atoms with E-state index in [1.165, 1.54) is 17.0 Å². The highest BCUT2D eigenvalue weighted by Gasteiger charge is 2.25. The van der Waals surface area contributed by atoms with Crippen molar-refractivity contribution in [2.45, 2.75) is 26.3 Å². The minimum absolute atomic E-state index is 0.115. The van der Waals surface area contributed by atoms with Crippen LogP contribution in [-0.4, -0.2) is 27.4 Å². The molecule has 6 nitrogen and oxygen atoms in total. The van der Waals surface area contributed by atoms with Crippen molar-refractivity contribution in [1.82, 2.24) is 14.9 Å². The zero-order valence-corrected chi connectivity index (χ0v) is 16.0. The van der Waals surface area contributed by atoms with Gasteiger partial charge in [-0.2, -0.15) is 0 Å². The number of para-hydroxylation sites is 1. The van der Waals surface area contributed by atoms with Crippen LogP contribution in [0.4, 0.5) is 14.9 Å². The SMILES string of the molecule is Cc1ccccc1Cc1nc2c(c(=O)[nH]1)CN(C(=O)Nc1ccccc1F)CC2. The zero-order valence-electron chi connectivity index (χ0n) is 16.0. The van der Waals surface area contributed by atoms with Gasteiger partial charge < -0.3 is 15.2 Å². The fourth-order valence-electron chi connectivity index (χ4n) is 3.48. The lowest BCUT2D eigenvalue weighted by molar-refractivity contribution is 0.205. The number of carbonyl (C=O) groups is 1. The Balaban J connectivity index is 1.51. The van der Waals surface area contributed by atoms with Crippen LogP contribution in [0.5, 0.6) is 0 Å². The van der Waals surface area contributed by atoms with Crippen LogP contribution in [0.15, 0.2) is 53.3 Å². The molecule has 2 aromatic carbocycles. The topological polar surface area (TPSA) is 78.1 Å². The van der Waals surface area contributed by atoms with E-state index >= 15 is 0 Å². The number of benzene rings is 2. The number of halogens is 1. The molecule has 0 bridgehead atoms. The number of carbonyl (C=O) groups excluding carboxylic acids is 1. The summed E-state index contributed by atoms with van der Waals surface area (Å²) >= 11 is 0. The Morgan fingerprint density at radius 1 is 1.21 bits per heavy atom. The molecule has 0 saturated carbocycles. The summed E-state index contributed by atoms with van der Waals surface area (Å²) in [7, 11) is 0. The largest absolute Gasteiger partial charge is 0.322 e. The van der Waals surface area contributed by atoms with Gasteiger partial charge in [0.05, 0.1) is 23.5 Å². The number of anilines is 1. The molecule has 0 aliphatic carbocycles. The molecule has 4 rings (SSSR count). The number of aromatic amines is 1. The standard InChI is InChI=1S/C22H21FN4O2/c1-14-6-2-3-7-15(14)12-20-24-18-10-11-27(13-16(18)21(28)26-20)22(29)25-19-9-5-4-8-17(19)23/h2-9H,10-13H2,1H3,(H,25,29)(H,24,26,28). The van der Waals surface area contributed by atoms with Gasteiger partial charge in [0, 0.05) is 19.4 Å². The zero-order chi connectivity index (χ0) is 20.4. The van der Waals surface area contributed by atoms with Crippen molar-refractivity contribution in [2.24, 2.45) is 0 Å². The fourth-order valence-corrected chi connectivity index (χ4v) is 3.48. The molecule has 29 heavy (non-hydrogen) atoms. The molecule has 1 aromatic heterocycles. The predicted molar refractivity (Wildman–Crippen MR) is 108 cm³/mol. The van der Waals surface area contributed by atoms with E-state index in [2.05, 4.69) is 15.3 Å². The Hall–Kier alpha value is -3.48. The third-order valence-electron chi connectivity index (χ3n) is 5.14. The van der Waals surface area contributed by atoms with E-state index in [1.807, 2.05) is 31.2 Å². The molecular weight excluding hydrogens is 371 g/mol. The molecule has 0 atom stereocenters. The van der Waals surface area contributed by atoms with Crippen LogP contribution in [-0.2, 0) is 19.4 Å². The summed E-state index contributed by atoms with van der Waals surface area (Å²) in [5, 5.41) is 2.56. The molecule has 2 heterocycles. The van der Waals surface area contributed by atoms with Gasteiger partial charge in [-0.05, 0) is 30.2 Å². The van der Waals surface area contributed by atoms with Crippen LogP contribution in [0.2, 0.25) is 0 Å². The smallest absolute Gasteiger partial charge is 0.320 e. The van der Waals surface area contributed by atoms with Crippen molar-refractivity contribution in [3.63, 3.8) is 0 Å². The third-order valence-corrected chi connectivity index (χ3v) is 5.14. The number of hydrogen-bond donors (Lipinski definition) is 2. The van der Waals surface area contributed by atoms with Crippen LogP contribution in [0, 0.1) is 12.7 Å². The lowest BCUT2D eigenvalue weighted by atomic mass is 10.0. The first kappa shape index (κ1) is 18.9. The quantitative estimate of drug-likeness (QED) is 0.717. The molecule has 0 spiro atoms. The van der Waals surface area contributed by atoms with Gasteiger partial charge in [-0.3, -0.25) is 4.79 Å². The van der Waals surface area contributed by atoms with E-state index in [9.17, 15) is 14.0 Å². The van der Waals surface area contributed by atoms with Gasteiger partial charge >= 0.3 is 6.03 Å². The summed E-state index contributed by atoms with van der Waals surface area (Å²) in [6.45, 7) is 2.58. The fraction of sp³-hybridized carbons (Fsp3) is 0.227. The molecule has 0 fully saturated rings. The van der Waals surface area contributed by atoms with Gasteiger partial charge in [0.25, 0.3) is 5.56 Å². The number of aryl methyl sites for hydroxylation is 1. The van der Waals surface area contributed by atoms with Gasteiger partial charge in [-0.25, -0.2) is 14.2 Å². The number of fused-ring (bicyclic) bond motifs is 1. The maximum Gasteiger partial charge on any atom is 0.322 e. The lowest BCUT2D eigenvalue weighted by Crippen LogP contribution is -2.42. The Morgan fingerprint density at radius 2 is 1.97 bits per heavy atom. The van der Waals surface area contributed by atoms with E-state index in [0.717, 1.165) is 11.1 Å². The van der Waals surface area contributed by atoms with E-state index in [-0.39, 0.29) is 17.8 Å². The third kappa shape index (κ3) is 4.03. The van der Waals surface area contributed by atoms with Gasteiger partial charge in [-0.15, -0.1) is 0 Å². The van der Waals surface area contributed by atoms with E-state index in [1.54, 1.807) is 12.1 Å². The lowest BCUT2D eigenvalue weighted by Gasteiger charge is -2.28. The first-order valence-corrected chi connectivity index (χ1v) is 9.47. The van der Waals surface area contributed by atoms with Gasteiger partial charge in [0.1, 0.15) is 11.6 Å². The normalized spacial score (nSPS) is 13.1. The molecular formula is C22H21FN4O2. The molecule has 3 aromatic rings. The number of amides is 2. The number of nitrogens with zero attached hydrogens (tertiary/aromatic N) is 2. The predicted octanol–water partition coefficient (Wildman–Crippen LogP) is 3.40. The van der Waals surface area contributed by atoms with Crippen molar-refractivity contribution >= 4 is 11.7 Å². The van der Waals surface area contributed by atoms with Crippen LogP contribution in [0.25, 0.3) is 0 Å². The summed E-state index contributed by atoms with van der Waals surface area (Å²) in [6, 6.07) is 13.5. The molecule has 2 N–H and O–H groups in total. The van der Waals surface area contributed by atoms with Crippen LogP contribution < -0.4 is 10.9 Å². The minimum atomic E-state index is -0.501. The first-order chi connectivity index (χ1) is 14.0. The van der Waals surface area contributed by atoms with Crippen LogP contribution in [0.3, 0.4) is 0 Å². The summed E-state index contributed by atoms with van der Waals surface area (Å²) in [6.07, 6.45) is 1.03. The number of nitrogens with one attached hydrogen (secondary N) is 2. The Bertz CT molecular complexity index is 1130. The van der Waals surface area contributed by atoms with E-state index in [0.29, 0.717) is 36.5 Å². The van der Waals surface area contributed by atoms with Gasteiger partial charge in [0.2, 0.25) is 0 Å². The van der Waals surface area contributed by atoms with Crippen LogP contribution >= 0.6 is 0 Å². The summed E-state index contributed by atoms with van der Waals surface area (Å²) in [5.41, 5.74) is 3.33. The molecule has 0 unspecified atom stereocenters. The second kappa shape index (κ2) is 7.87. The Morgan fingerprint density at radius 3 is 2.76 bits per heavy atom. The van der Waals surface area contributed by atoms with Crippen molar-refractivity contribution < 1.29 is 9.18 Å². The highest BCUT2D eigenvalue weighted by Crippen LogP contribution is 2.18. The van der Waals surface area contributed by atoms with Crippen LogP contribution in [0.1, 0.15) is 28.2 Å². The van der Waals surface area contributed by atoms with Crippen molar-refractivity contribution in [3.8, 4) is 0 Å². The molecule has 0 radical (unpaired) electrons. The number of hydrogen-bond acceptors (Lipinski definition) is 3. The summed E-state index contributed by atoms with van der Waals surface area (Å²) in [5.74, 6) is 0.117. The molecule has 7 heteroatoms. The maximum atomic E-state index is 13.8. The Labute approximate surface area is 167 Å². The molecule has 148 valence electrons. The van der Waals surface area contributed by atoms with E-state index in [4.69, 9.17) is 0 Å². The second-order valence-corrected chi connectivity index (χ2v) is 7.12. The van der Waals surface area contributed by atoms with Crippen molar-refractivity contribution in [3.05, 3.63) is 92.9 Å². The molecule has 1 aliphatic rings. The highest BCUT2D eigenvalue weighted by atomic mass is 19.1. The number of H-pyrrole nitrogens is 1. The van der Waals surface area contributed by atoms with Gasteiger partial charge in [0.15, 0.2) is 0 Å². The molecule has 0 saturated heterocycles. The summed E-state index contributed by atoms with van der Waals surface area (Å²) < 4.78 is 13.8. The monoisotopic (exact) mass is 392 g/mol. The van der Waals surface area contributed by atoms with Gasteiger partial charge in [-0.1, -0.05) is 36.4 Å². The molecule has 2 amide bonds. The van der Waals surface area contributed by atoms with E-state index < -0.39 is 11.8 Å². The Kier molecular flexibility index (Phi) is 5.12.